The standard InChI is InChI=1S/C12H16BrN3O2/c1-14-10-5-3-2-4-9(10)12(18)16-7-6-15-11(17)8-13/h2-5,14H,6-8H2,1H3,(H,15,17)(H,16,18). The van der Waals surface area contributed by atoms with Gasteiger partial charge in [-0.05, 0) is 12.1 Å². The molecule has 3 N–H and O–H groups in total. The Kier molecular flexibility index (Phi) is 6.21. The van der Waals surface area contributed by atoms with Gasteiger partial charge >= 0.3 is 0 Å². The summed E-state index contributed by atoms with van der Waals surface area (Å²) in [4.78, 5) is 22.8. The van der Waals surface area contributed by atoms with Gasteiger partial charge in [-0.1, -0.05) is 28.1 Å². The van der Waals surface area contributed by atoms with E-state index in [0.717, 1.165) is 5.69 Å². The van der Waals surface area contributed by atoms with Gasteiger partial charge in [0.15, 0.2) is 0 Å². The van der Waals surface area contributed by atoms with Gasteiger partial charge in [-0.3, -0.25) is 9.59 Å². The summed E-state index contributed by atoms with van der Waals surface area (Å²) >= 11 is 3.04. The molecular formula is C12H16BrN3O2. The van der Waals surface area contributed by atoms with E-state index in [4.69, 9.17) is 0 Å². The molecule has 2 amide bonds. The average molecular weight is 314 g/mol. The molecule has 1 rings (SSSR count). The first-order valence-electron chi connectivity index (χ1n) is 5.56. The van der Waals surface area contributed by atoms with Gasteiger partial charge in [0, 0.05) is 25.8 Å². The minimum atomic E-state index is -0.159. The highest BCUT2D eigenvalue weighted by molar-refractivity contribution is 9.09. The van der Waals surface area contributed by atoms with Crippen LogP contribution in [0.25, 0.3) is 0 Å². The Hall–Kier alpha value is -1.56. The van der Waals surface area contributed by atoms with E-state index in [1.54, 1.807) is 13.1 Å². The van der Waals surface area contributed by atoms with Crippen LogP contribution in [0.4, 0.5) is 5.69 Å². The summed E-state index contributed by atoms with van der Waals surface area (Å²) in [6.45, 7) is 0.813. The number of carbonyl (C=O) groups excluding carboxylic acids is 2. The van der Waals surface area contributed by atoms with E-state index in [-0.39, 0.29) is 17.1 Å². The van der Waals surface area contributed by atoms with E-state index in [2.05, 4.69) is 31.9 Å². The monoisotopic (exact) mass is 313 g/mol. The van der Waals surface area contributed by atoms with Gasteiger partial charge in [0.2, 0.25) is 5.91 Å². The minimum absolute atomic E-state index is 0.0973. The van der Waals surface area contributed by atoms with Gasteiger partial charge in [-0.15, -0.1) is 0 Å². The summed E-state index contributed by atoms with van der Waals surface area (Å²) in [5.74, 6) is -0.257. The molecular weight excluding hydrogens is 298 g/mol. The Morgan fingerprint density at radius 3 is 2.50 bits per heavy atom. The summed E-state index contributed by atoms with van der Waals surface area (Å²) in [6, 6.07) is 7.25. The van der Waals surface area contributed by atoms with Crippen LogP contribution in [0.5, 0.6) is 0 Å². The van der Waals surface area contributed by atoms with E-state index >= 15 is 0 Å². The van der Waals surface area contributed by atoms with Crippen molar-refractivity contribution in [3.05, 3.63) is 29.8 Å². The van der Waals surface area contributed by atoms with Gasteiger partial charge < -0.3 is 16.0 Å². The molecule has 0 aliphatic heterocycles. The lowest BCUT2D eigenvalue weighted by Crippen LogP contribution is -2.35. The van der Waals surface area contributed by atoms with Crippen molar-refractivity contribution in [3.63, 3.8) is 0 Å². The summed E-state index contributed by atoms with van der Waals surface area (Å²) in [5, 5.41) is 8.62. The lowest BCUT2D eigenvalue weighted by atomic mass is 10.1. The van der Waals surface area contributed by atoms with Gasteiger partial charge in [0.25, 0.3) is 5.91 Å². The third-order valence-corrected chi connectivity index (χ3v) is 2.80. The van der Waals surface area contributed by atoms with E-state index in [9.17, 15) is 9.59 Å². The number of amides is 2. The Balaban J connectivity index is 2.43. The second-order valence-electron chi connectivity index (χ2n) is 3.54. The predicted molar refractivity (Wildman–Crippen MR) is 75.1 cm³/mol. The first-order chi connectivity index (χ1) is 8.69. The fraction of sp³-hybridized carbons (Fsp3) is 0.333. The third-order valence-electron chi connectivity index (χ3n) is 2.30. The molecule has 0 aliphatic rings. The van der Waals surface area contributed by atoms with Crippen molar-refractivity contribution in [2.24, 2.45) is 0 Å². The normalized spacial score (nSPS) is 9.67. The Morgan fingerprint density at radius 1 is 1.17 bits per heavy atom. The number of anilines is 1. The highest BCUT2D eigenvalue weighted by Crippen LogP contribution is 2.13. The molecule has 0 aromatic heterocycles. The van der Waals surface area contributed by atoms with Crippen LogP contribution in [0.3, 0.4) is 0 Å². The number of carbonyl (C=O) groups is 2. The van der Waals surface area contributed by atoms with Gasteiger partial charge in [-0.25, -0.2) is 0 Å². The molecule has 0 bridgehead atoms. The largest absolute Gasteiger partial charge is 0.387 e. The predicted octanol–water partition coefficient (Wildman–Crippen LogP) is 0.969. The lowest BCUT2D eigenvalue weighted by molar-refractivity contribution is -0.118. The van der Waals surface area contributed by atoms with Crippen LogP contribution in [0.2, 0.25) is 0 Å². The molecule has 0 aliphatic carbocycles. The number of hydrogen-bond donors (Lipinski definition) is 3. The second kappa shape index (κ2) is 7.71. The number of benzene rings is 1. The van der Waals surface area contributed by atoms with Crippen LogP contribution in [0.15, 0.2) is 24.3 Å². The fourth-order valence-corrected chi connectivity index (χ4v) is 1.62. The number of para-hydroxylation sites is 1. The minimum Gasteiger partial charge on any atom is -0.387 e. The number of hydrogen-bond acceptors (Lipinski definition) is 3. The molecule has 0 unspecified atom stereocenters. The van der Waals surface area contributed by atoms with Gasteiger partial charge in [0.1, 0.15) is 0 Å². The van der Waals surface area contributed by atoms with Crippen LogP contribution in [-0.2, 0) is 4.79 Å². The maximum absolute atomic E-state index is 11.9. The highest BCUT2D eigenvalue weighted by atomic mass is 79.9. The van der Waals surface area contributed by atoms with Crippen molar-refractivity contribution in [2.75, 3.05) is 30.8 Å². The quantitative estimate of drug-likeness (QED) is 0.541. The maximum atomic E-state index is 11.9. The second-order valence-corrected chi connectivity index (χ2v) is 4.10. The van der Waals surface area contributed by atoms with Crippen molar-refractivity contribution in [3.8, 4) is 0 Å². The Bertz CT molecular complexity index is 424. The topological polar surface area (TPSA) is 70.2 Å². The fourth-order valence-electron chi connectivity index (χ4n) is 1.42. The zero-order valence-corrected chi connectivity index (χ0v) is 11.7. The van der Waals surface area contributed by atoms with Gasteiger partial charge in [-0.2, -0.15) is 0 Å². The molecule has 0 heterocycles. The molecule has 0 radical (unpaired) electrons. The van der Waals surface area contributed by atoms with Crippen molar-refractivity contribution in [1.29, 1.82) is 0 Å². The number of halogens is 1. The molecule has 1 aromatic rings. The number of rotatable bonds is 6. The molecule has 0 saturated heterocycles. The van der Waals surface area contributed by atoms with E-state index in [1.807, 2.05) is 18.2 Å². The first kappa shape index (κ1) is 14.5. The number of nitrogens with one attached hydrogen (secondary N) is 3. The molecule has 5 nitrogen and oxygen atoms in total. The summed E-state index contributed by atoms with van der Waals surface area (Å²) < 4.78 is 0. The van der Waals surface area contributed by atoms with E-state index < -0.39 is 0 Å². The van der Waals surface area contributed by atoms with Crippen molar-refractivity contribution in [1.82, 2.24) is 10.6 Å². The van der Waals surface area contributed by atoms with Crippen LogP contribution in [-0.4, -0.2) is 37.3 Å². The SMILES string of the molecule is CNc1ccccc1C(=O)NCCNC(=O)CBr. The smallest absolute Gasteiger partial charge is 0.253 e. The van der Waals surface area contributed by atoms with Crippen molar-refractivity contribution in [2.45, 2.75) is 0 Å². The van der Waals surface area contributed by atoms with Crippen molar-refractivity contribution >= 4 is 33.4 Å². The van der Waals surface area contributed by atoms with Crippen LogP contribution in [0, 0.1) is 0 Å². The molecule has 0 atom stereocenters. The molecule has 6 heteroatoms. The Labute approximate surface area is 114 Å². The molecule has 18 heavy (non-hydrogen) atoms. The molecule has 0 spiro atoms. The number of alkyl halides is 1. The molecule has 0 saturated carbocycles. The zero-order valence-electron chi connectivity index (χ0n) is 10.1. The third kappa shape index (κ3) is 4.37. The maximum Gasteiger partial charge on any atom is 0.253 e. The highest BCUT2D eigenvalue weighted by Gasteiger charge is 2.08. The zero-order chi connectivity index (χ0) is 13.4. The van der Waals surface area contributed by atoms with Crippen LogP contribution in [0.1, 0.15) is 10.4 Å². The van der Waals surface area contributed by atoms with Crippen LogP contribution < -0.4 is 16.0 Å². The molecule has 98 valence electrons. The van der Waals surface area contributed by atoms with E-state index in [0.29, 0.717) is 18.7 Å². The molecule has 1 aromatic carbocycles. The van der Waals surface area contributed by atoms with Crippen molar-refractivity contribution < 1.29 is 9.59 Å². The van der Waals surface area contributed by atoms with Gasteiger partial charge in [0.05, 0.1) is 10.9 Å². The summed E-state index contributed by atoms with van der Waals surface area (Å²) in [7, 11) is 1.77. The Morgan fingerprint density at radius 2 is 1.83 bits per heavy atom. The summed E-state index contributed by atoms with van der Waals surface area (Å²) in [6.07, 6.45) is 0. The average Bonchev–Trinajstić information content (AvgIpc) is 2.42. The van der Waals surface area contributed by atoms with Crippen LogP contribution >= 0.6 is 15.9 Å². The first-order valence-corrected chi connectivity index (χ1v) is 6.68. The lowest BCUT2D eigenvalue weighted by Gasteiger charge is -2.09. The van der Waals surface area contributed by atoms with E-state index in [1.165, 1.54) is 0 Å². The summed E-state index contributed by atoms with van der Waals surface area (Å²) in [5.41, 5.74) is 1.37. The molecule has 0 fully saturated rings.